The Bertz CT molecular complexity index is 552. The highest BCUT2D eigenvalue weighted by Gasteiger charge is 2.34. The summed E-state index contributed by atoms with van der Waals surface area (Å²) >= 11 is 0. The van der Waals surface area contributed by atoms with Gasteiger partial charge in [-0.1, -0.05) is 6.07 Å². The summed E-state index contributed by atoms with van der Waals surface area (Å²) in [5.74, 6) is -0.537. The van der Waals surface area contributed by atoms with E-state index < -0.39 is 17.5 Å². The fourth-order valence-electron chi connectivity index (χ4n) is 2.80. The van der Waals surface area contributed by atoms with Crippen molar-refractivity contribution < 1.29 is 27.8 Å². The van der Waals surface area contributed by atoms with Gasteiger partial charge in [-0.15, -0.1) is 0 Å². The Labute approximate surface area is 132 Å². The monoisotopic (exact) mass is 331 g/mol. The number of aromatic hydroxyl groups is 1. The van der Waals surface area contributed by atoms with Crippen molar-refractivity contribution in [2.45, 2.75) is 32.4 Å². The van der Waals surface area contributed by atoms with Crippen LogP contribution in [0, 0.1) is 5.92 Å². The summed E-state index contributed by atoms with van der Waals surface area (Å²) in [4.78, 5) is 13.2. The summed E-state index contributed by atoms with van der Waals surface area (Å²) in [6.45, 7) is 3.17. The molecule has 0 bridgehead atoms. The number of likely N-dealkylation sites (tertiary alicyclic amines) is 1. The fraction of sp³-hybridized carbons (Fsp3) is 0.562. The lowest BCUT2D eigenvalue weighted by Gasteiger charge is -2.31. The third-order valence-electron chi connectivity index (χ3n) is 4.03. The van der Waals surface area contributed by atoms with Crippen LogP contribution in [0.4, 0.5) is 18.0 Å². The Balaban J connectivity index is 1.96. The molecule has 1 saturated heterocycles. The highest BCUT2D eigenvalue weighted by Crippen LogP contribution is 2.36. The number of piperidine rings is 1. The van der Waals surface area contributed by atoms with Crippen molar-refractivity contribution in [1.82, 2.24) is 4.90 Å². The van der Waals surface area contributed by atoms with Gasteiger partial charge in [0.15, 0.2) is 0 Å². The number of rotatable bonds is 3. The molecule has 1 aromatic rings. The predicted octanol–water partition coefficient (Wildman–Crippen LogP) is 3.82. The number of ether oxygens (including phenoxy) is 1. The van der Waals surface area contributed by atoms with E-state index in [-0.39, 0.29) is 12.0 Å². The number of amides is 1. The lowest BCUT2D eigenvalue weighted by atomic mass is 9.89. The topological polar surface area (TPSA) is 49.8 Å². The van der Waals surface area contributed by atoms with Gasteiger partial charge in [0.1, 0.15) is 5.75 Å². The van der Waals surface area contributed by atoms with Crippen molar-refractivity contribution in [1.29, 1.82) is 0 Å². The molecule has 2 rings (SSSR count). The summed E-state index contributed by atoms with van der Waals surface area (Å²) in [6, 6.07) is 3.61. The van der Waals surface area contributed by atoms with Gasteiger partial charge in [0.05, 0.1) is 12.2 Å². The summed E-state index contributed by atoms with van der Waals surface area (Å²) in [5.41, 5.74) is -0.455. The normalized spacial score (nSPS) is 16.4. The highest BCUT2D eigenvalue weighted by molar-refractivity contribution is 5.67. The van der Waals surface area contributed by atoms with Crippen molar-refractivity contribution in [3.8, 4) is 5.75 Å². The predicted molar refractivity (Wildman–Crippen MR) is 78.1 cm³/mol. The number of alkyl halides is 3. The Hall–Kier alpha value is -1.92. The van der Waals surface area contributed by atoms with Gasteiger partial charge in [-0.2, -0.15) is 13.2 Å². The van der Waals surface area contributed by atoms with Gasteiger partial charge in [-0.05, 0) is 49.8 Å². The van der Waals surface area contributed by atoms with E-state index in [0.717, 1.165) is 25.0 Å². The molecule has 0 aliphatic carbocycles. The summed E-state index contributed by atoms with van der Waals surface area (Å²) in [7, 11) is 0. The van der Waals surface area contributed by atoms with Crippen LogP contribution in [0.15, 0.2) is 18.2 Å². The van der Waals surface area contributed by atoms with Crippen LogP contribution in [0.2, 0.25) is 0 Å². The van der Waals surface area contributed by atoms with Gasteiger partial charge in [-0.3, -0.25) is 0 Å². The quantitative estimate of drug-likeness (QED) is 0.916. The summed E-state index contributed by atoms with van der Waals surface area (Å²) in [6.07, 6.45) is -2.95. The third-order valence-corrected chi connectivity index (χ3v) is 4.03. The van der Waals surface area contributed by atoms with Crippen molar-refractivity contribution in [3.63, 3.8) is 0 Å². The molecule has 4 nitrogen and oxygen atoms in total. The van der Waals surface area contributed by atoms with Crippen molar-refractivity contribution >= 4 is 6.09 Å². The Kier molecular flexibility index (Phi) is 5.38. The minimum Gasteiger partial charge on any atom is -0.507 e. The van der Waals surface area contributed by atoms with Crippen LogP contribution in [0.1, 0.15) is 30.9 Å². The van der Waals surface area contributed by atoms with E-state index in [1.807, 2.05) is 0 Å². The van der Waals surface area contributed by atoms with E-state index in [9.17, 15) is 23.1 Å². The van der Waals surface area contributed by atoms with Crippen LogP contribution < -0.4 is 0 Å². The van der Waals surface area contributed by atoms with E-state index in [4.69, 9.17) is 4.74 Å². The molecule has 1 aliphatic rings. The molecular formula is C16H20F3NO3. The number of phenolic OH excluding ortho intramolecular Hbond substituents is 1. The number of hydrogen-bond donors (Lipinski definition) is 1. The largest absolute Gasteiger partial charge is 0.507 e. The molecule has 1 aromatic carbocycles. The molecule has 0 radical (unpaired) electrons. The molecule has 7 heteroatoms. The second-order valence-electron chi connectivity index (χ2n) is 5.68. The van der Waals surface area contributed by atoms with Gasteiger partial charge < -0.3 is 14.7 Å². The number of carbonyl (C=O) groups excluding carboxylic acids is 1. The maximum Gasteiger partial charge on any atom is 0.419 e. The SMILES string of the molecule is CCOC(=O)N1CCC(Cc2ccc(O)c(C(F)(F)F)c2)CC1. The zero-order chi connectivity index (χ0) is 17.0. The van der Waals surface area contributed by atoms with Crippen LogP contribution in [-0.2, 0) is 17.3 Å². The minimum absolute atomic E-state index is 0.214. The molecular weight excluding hydrogens is 311 g/mol. The second kappa shape index (κ2) is 7.10. The number of carbonyl (C=O) groups is 1. The summed E-state index contributed by atoms with van der Waals surface area (Å²) < 4.78 is 43.3. The van der Waals surface area contributed by atoms with E-state index >= 15 is 0 Å². The number of hydrogen-bond acceptors (Lipinski definition) is 3. The van der Waals surface area contributed by atoms with Crippen molar-refractivity contribution in [3.05, 3.63) is 29.3 Å². The molecule has 1 heterocycles. The minimum atomic E-state index is -4.56. The van der Waals surface area contributed by atoms with Gasteiger partial charge in [0.25, 0.3) is 0 Å². The Morgan fingerprint density at radius 2 is 2.00 bits per heavy atom. The first kappa shape index (κ1) is 17.4. The third kappa shape index (κ3) is 4.53. The lowest BCUT2D eigenvalue weighted by Crippen LogP contribution is -2.39. The zero-order valence-electron chi connectivity index (χ0n) is 12.9. The summed E-state index contributed by atoms with van der Waals surface area (Å²) in [5, 5.41) is 9.34. The molecule has 0 atom stereocenters. The standard InChI is InChI=1S/C16H20F3NO3/c1-2-23-15(22)20-7-5-11(6-8-20)9-12-3-4-14(21)13(10-12)16(17,18)19/h3-4,10-11,21H,2,5-9H2,1H3. The number of halogens is 3. The molecule has 0 aromatic heterocycles. The maximum atomic E-state index is 12.8. The molecule has 1 amide bonds. The van der Waals surface area contributed by atoms with E-state index in [1.54, 1.807) is 11.8 Å². The maximum absolute atomic E-state index is 12.8. The molecule has 0 spiro atoms. The van der Waals surface area contributed by atoms with Crippen LogP contribution >= 0.6 is 0 Å². The first-order valence-corrected chi connectivity index (χ1v) is 7.62. The molecule has 0 unspecified atom stereocenters. The van der Waals surface area contributed by atoms with Crippen LogP contribution in [-0.4, -0.2) is 35.8 Å². The first-order chi connectivity index (χ1) is 10.8. The van der Waals surface area contributed by atoms with Gasteiger partial charge >= 0.3 is 12.3 Å². The van der Waals surface area contributed by atoms with Crippen LogP contribution in [0.3, 0.4) is 0 Å². The molecule has 1 aliphatic heterocycles. The number of benzene rings is 1. The highest BCUT2D eigenvalue weighted by atomic mass is 19.4. The molecule has 1 fully saturated rings. The second-order valence-corrected chi connectivity index (χ2v) is 5.68. The van der Waals surface area contributed by atoms with Gasteiger partial charge in [0, 0.05) is 13.1 Å². The average molecular weight is 331 g/mol. The first-order valence-electron chi connectivity index (χ1n) is 7.62. The van der Waals surface area contributed by atoms with Crippen LogP contribution in [0.25, 0.3) is 0 Å². The van der Waals surface area contributed by atoms with Crippen molar-refractivity contribution in [2.24, 2.45) is 5.92 Å². The Morgan fingerprint density at radius 1 is 1.35 bits per heavy atom. The smallest absolute Gasteiger partial charge is 0.419 e. The molecule has 23 heavy (non-hydrogen) atoms. The number of phenols is 1. The fourth-order valence-corrected chi connectivity index (χ4v) is 2.80. The Morgan fingerprint density at radius 3 is 2.57 bits per heavy atom. The van der Waals surface area contributed by atoms with Crippen LogP contribution in [0.5, 0.6) is 5.75 Å². The number of nitrogens with zero attached hydrogens (tertiary/aromatic N) is 1. The van der Waals surface area contributed by atoms with E-state index in [2.05, 4.69) is 0 Å². The average Bonchev–Trinajstić information content (AvgIpc) is 2.49. The lowest BCUT2D eigenvalue weighted by molar-refractivity contribution is -0.138. The van der Waals surface area contributed by atoms with E-state index in [0.29, 0.717) is 31.7 Å². The molecule has 1 N–H and O–H groups in total. The van der Waals surface area contributed by atoms with E-state index in [1.165, 1.54) is 6.07 Å². The van der Waals surface area contributed by atoms with Gasteiger partial charge in [0.2, 0.25) is 0 Å². The van der Waals surface area contributed by atoms with Crippen molar-refractivity contribution in [2.75, 3.05) is 19.7 Å². The molecule has 128 valence electrons. The van der Waals surface area contributed by atoms with Gasteiger partial charge in [-0.25, -0.2) is 4.79 Å². The zero-order valence-corrected chi connectivity index (χ0v) is 12.9. The molecule has 0 saturated carbocycles.